The number of nitrogens with zero attached hydrogens (tertiary/aromatic N) is 2. The van der Waals surface area contributed by atoms with Gasteiger partial charge in [0, 0.05) is 54.2 Å². The molecular weight excluding hydrogens is 360 g/mol. The maximum absolute atomic E-state index is 5.97. The molecule has 29 heavy (non-hydrogen) atoms. The highest BCUT2D eigenvalue weighted by Crippen LogP contribution is 2.38. The van der Waals surface area contributed by atoms with E-state index >= 15 is 0 Å². The van der Waals surface area contributed by atoms with Gasteiger partial charge in [0.25, 0.3) is 0 Å². The van der Waals surface area contributed by atoms with E-state index in [9.17, 15) is 0 Å². The van der Waals surface area contributed by atoms with Crippen LogP contribution in [0, 0.1) is 5.92 Å². The van der Waals surface area contributed by atoms with Crippen molar-refractivity contribution >= 4 is 17.1 Å². The second-order valence-corrected chi connectivity index (χ2v) is 7.78. The summed E-state index contributed by atoms with van der Waals surface area (Å²) in [6, 6.07) is 10.3. The fraction of sp³-hybridized carbons (Fsp3) is 0.292. The summed E-state index contributed by atoms with van der Waals surface area (Å²) in [6.45, 7) is 4.85. The number of anilines is 3. The van der Waals surface area contributed by atoms with Crippen LogP contribution in [0.15, 0.2) is 77.9 Å². The Hall–Kier alpha value is -3.21. The van der Waals surface area contributed by atoms with Crippen LogP contribution in [0.5, 0.6) is 5.75 Å². The van der Waals surface area contributed by atoms with Crippen LogP contribution in [0.4, 0.5) is 17.1 Å². The summed E-state index contributed by atoms with van der Waals surface area (Å²) in [6.07, 6.45) is 12.5. The summed E-state index contributed by atoms with van der Waals surface area (Å²) in [7, 11) is 0. The fourth-order valence-corrected chi connectivity index (χ4v) is 4.39. The molecule has 1 unspecified atom stereocenters. The Labute approximate surface area is 171 Å². The third-order valence-corrected chi connectivity index (χ3v) is 5.93. The standard InChI is InChI=1S/C24H26N4O/c1-17-3-2-4-21-18(16-26-24(17)21)9-12-28-13-14-29-23-15-20(5-6-22(23)28)27-19-7-10-25-11-8-19/h2-3,5-8,10-11,15-16,21,26H,4,9,12-14H2,1H3,(H,25,27). The second kappa shape index (κ2) is 7.66. The molecule has 0 amide bonds. The van der Waals surface area contributed by atoms with Gasteiger partial charge in [0.15, 0.2) is 0 Å². The minimum Gasteiger partial charge on any atom is -0.489 e. The van der Waals surface area contributed by atoms with E-state index in [1.165, 1.54) is 22.5 Å². The maximum atomic E-state index is 5.97. The molecule has 0 fully saturated rings. The summed E-state index contributed by atoms with van der Waals surface area (Å²) in [4.78, 5) is 6.51. The first-order chi connectivity index (χ1) is 14.3. The number of nitrogens with one attached hydrogen (secondary N) is 2. The second-order valence-electron chi connectivity index (χ2n) is 7.78. The number of hydrogen-bond donors (Lipinski definition) is 2. The van der Waals surface area contributed by atoms with Crippen molar-refractivity contribution < 1.29 is 4.74 Å². The van der Waals surface area contributed by atoms with Crippen LogP contribution in [0.1, 0.15) is 19.8 Å². The number of pyridine rings is 1. The Morgan fingerprint density at radius 3 is 3.00 bits per heavy atom. The lowest BCUT2D eigenvalue weighted by molar-refractivity contribution is 0.307. The topological polar surface area (TPSA) is 49.4 Å². The van der Waals surface area contributed by atoms with Gasteiger partial charge in [-0.1, -0.05) is 12.2 Å². The van der Waals surface area contributed by atoms with Crippen LogP contribution >= 0.6 is 0 Å². The number of allylic oxidation sites excluding steroid dienone is 4. The SMILES string of the molecule is CC1=C2NC=C(CCN3CCOc4cc(Nc5ccncc5)ccc43)C2CC=C1. The molecule has 5 nitrogen and oxygen atoms in total. The molecule has 2 N–H and O–H groups in total. The van der Waals surface area contributed by atoms with Crippen LogP contribution in [-0.4, -0.2) is 24.7 Å². The Morgan fingerprint density at radius 1 is 1.21 bits per heavy atom. The van der Waals surface area contributed by atoms with Crippen molar-refractivity contribution in [2.75, 3.05) is 29.9 Å². The molecule has 3 aliphatic rings. The van der Waals surface area contributed by atoms with E-state index in [0.29, 0.717) is 5.92 Å². The van der Waals surface area contributed by atoms with Gasteiger partial charge in [-0.25, -0.2) is 0 Å². The molecule has 2 aromatic rings. The molecule has 2 aliphatic heterocycles. The lowest BCUT2D eigenvalue weighted by Crippen LogP contribution is -2.33. The molecule has 0 saturated carbocycles. The van der Waals surface area contributed by atoms with E-state index in [-0.39, 0.29) is 0 Å². The molecule has 148 valence electrons. The molecule has 1 aromatic carbocycles. The number of rotatable bonds is 5. The number of aromatic nitrogens is 1. The Morgan fingerprint density at radius 2 is 2.10 bits per heavy atom. The third kappa shape index (κ3) is 3.60. The van der Waals surface area contributed by atoms with E-state index in [0.717, 1.165) is 49.7 Å². The predicted molar refractivity (Wildman–Crippen MR) is 117 cm³/mol. The van der Waals surface area contributed by atoms with Crippen molar-refractivity contribution in [1.29, 1.82) is 0 Å². The van der Waals surface area contributed by atoms with Gasteiger partial charge in [-0.05, 0) is 55.2 Å². The van der Waals surface area contributed by atoms with E-state index in [1.807, 2.05) is 12.1 Å². The first-order valence-electron chi connectivity index (χ1n) is 10.3. The molecule has 1 aliphatic carbocycles. The first kappa shape index (κ1) is 17.9. The highest BCUT2D eigenvalue weighted by atomic mass is 16.5. The zero-order valence-corrected chi connectivity index (χ0v) is 16.7. The van der Waals surface area contributed by atoms with E-state index in [1.54, 1.807) is 12.4 Å². The Balaban J connectivity index is 1.27. The van der Waals surface area contributed by atoms with Crippen LogP contribution in [0.25, 0.3) is 0 Å². The average molecular weight is 386 g/mol. The largest absolute Gasteiger partial charge is 0.489 e. The predicted octanol–water partition coefficient (Wildman–Crippen LogP) is 4.75. The van der Waals surface area contributed by atoms with Crippen LogP contribution < -0.4 is 20.3 Å². The minimum absolute atomic E-state index is 0.535. The number of hydrogen-bond acceptors (Lipinski definition) is 5. The molecule has 5 heteroatoms. The van der Waals surface area contributed by atoms with Gasteiger partial charge in [0.05, 0.1) is 12.2 Å². The molecule has 3 heterocycles. The summed E-state index contributed by atoms with van der Waals surface area (Å²) in [5, 5.41) is 6.92. The Kier molecular flexibility index (Phi) is 4.72. The van der Waals surface area contributed by atoms with Gasteiger partial charge in [-0.2, -0.15) is 0 Å². The molecule has 0 radical (unpaired) electrons. The van der Waals surface area contributed by atoms with E-state index < -0.39 is 0 Å². The summed E-state index contributed by atoms with van der Waals surface area (Å²) >= 11 is 0. The lowest BCUT2D eigenvalue weighted by atomic mass is 9.87. The zero-order chi connectivity index (χ0) is 19.6. The molecule has 1 atom stereocenters. The summed E-state index contributed by atoms with van der Waals surface area (Å²) in [5.41, 5.74) is 7.48. The summed E-state index contributed by atoms with van der Waals surface area (Å²) < 4.78 is 5.97. The zero-order valence-electron chi connectivity index (χ0n) is 16.7. The van der Waals surface area contributed by atoms with Crippen molar-refractivity contribution in [1.82, 2.24) is 10.3 Å². The van der Waals surface area contributed by atoms with Crippen molar-refractivity contribution in [2.24, 2.45) is 5.92 Å². The van der Waals surface area contributed by atoms with Gasteiger partial charge in [-0.3, -0.25) is 4.98 Å². The van der Waals surface area contributed by atoms with E-state index in [2.05, 4.69) is 64.0 Å². The molecule has 5 rings (SSSR count). The number of fused-ring (bicyclic) bond motifs is 2. The lowest BCUT2D eigenvalue weighted by Gasteiger charge is -2.32. The highest BCUT2D eigenvalue weighted by Gasteiger charge is 2.27. The van der Waals surface area contributed by atoms with Crippen molar-refractivity contribution in [2.45, 2.75) is 19.8 Å². The van der Waals surface area contributed by atoms with Gasteiger partial charge in [0.1, 0.15) is 12.4 Å². The Bertz CT molecular complexity index is 993. The highest BCUT2D eigenvalue weighted by molar-refractivity contribution is 5.69. The van der Waals surface area contributed by atoms with Crippen LogP contribution in [0.3, 0.4) is 0 Å². The maximum Gasteiger partial charge on any atom is 0.144 e. The van der Waals surface area contributed by atoms with Crippen molar-refractivity contribution in [3.8, 4) is 5.75 Å². The van der Waals surface area contributed by atoms with Gasteiger partial charge >= 0.3 is 0 Å². The molecular formula is C24H26N4O. The summed E-state index contributed by atoms with van der Waals surface area (Å²) in [5.74, 6) is 1.48. The van der Waals surface area contributed by atoms with Gasteiger partial charge < -0.3 is 20.3 Å². The van der Waals surface area contributed by atoms with E-state index in [4.69, 9.17) is 4.74 Å². The monoisotopic (exact) mass is 386 g/mol. The quantitative estimate of drug-likeness (QED) is 0.776. The van der Waals surface area contributed by atoms with Crippen molar-refractivity contribution in [3.63, 3.8) is 0 Å². The number of ether oxygens (including phenoxy) is 1. The van der Waals surface area contributed by atoms with Crippen LogP contribution in [-0.2, 0) is 0 Å². The molecule has 1 aromatic heterocycles. The minimum atomic E-state index is 0.535. The van der Waals surface area contributed by atoms with Gasteiger partial charge in [0.2, 0.25) is 0 Å². The van der Waals surface area contributed by atoms with Crippen molar-refractivity contribution in [3.05, 3.63) is 77.9 Å². The van der Waals surface area contributed by atoms with Gasteiger partial charge in [-0.15, -0.1) is 0 Å². The smallest absolute Gasteiger partial charge is 0.144 e. The molecule has 0 bridgehead atoms. The first-order valence-corrected chi connectivity index (χ1v) is 10.3. The third-order valence-electron chi connectivity index (χ3n) is 5.93. The normalized spacial score (nSPS) is 19.8. The fourth-order valence-electron chi connectivity index (χ4n) is 4.39. The number of benzene rings is 1. The molecule has 0 saturated heterocycles. The van der Waals surface area contributed by atoms with Crippen LogP contribution in [0.2, 0.25) is 0 Å². The average Bonchev–Trinajstić information content (AvgIpc) is 3.17. The molecule has 0 spiro atoms.